The summed E-state index contributed by atoms with van der Waals surface area (Å²) < 4.78 is 1.58. The predicted octanol–water partition coefficient (Wildman–Crippen LogP) is 4.85. The Morgan fingerprint density at radius 2 is 1.71 bits per heavy atom. The number of carbonyl (C=O) groups excluding carboxylic acids is 1. The van der Waals surface area contributed by atoms with E-state index in [0.717, 1.165) is 15.7 Å². The number of rotatable bonds is 2. The number of para-hydroxylation sites is 1. The van der Waals surface area contributed by atoms with E-state index in [1.165, 1.54) is 11.8 Å². The van der Waals surface area contributed by atoms with Crippen LogP contribution in [-0.4, -0.2) is 10.2 Å². The van der Waals surface area contributed by atoms with Gasteiger partial charge in [0.05, 0.1) is 10.6 Å². The van der Waals surface area contributed by atoms with Gasteiger partial charge in [0.25, 0.3) is 5.91 Å². The molecular formula is C16H10BrNOS2. The Morgan fingerprint density at radius 3 is 2.38 bits per heavy atom. The molecule has 0 radical (unpaired) electrons. The Hall–Kier alpha value is -1.43. The highest BCUT2D eigenvalue weighted by molar-refractivity contribution is 9.10. The van der Waals surface area contributed by atoms with Crippen LogP contribution in [0.5, 0.6) is 0 Å². The number of thiocarbonyl (C=S) groups is 1. The summed E-state index contributed by atoms with van der Waals surface area (Å²) in [5, 5.41) is 0. The quantitative estimate of drug-likeness (QED) is 0.552. The minimum Gasteiger partial charge on any atom is -0.268 e. The summed E-state index contributed by atoms with van der Waals surface area (Å²) in [6.07, 6.45) is 1.87. The summed E-state index contributed by atoms with van der Waals surface area (Å²) in [5.74, 6) is -0.0703. The number of nitrogens with zero attached hydrogens (tertiary/aromatic N) is 1. The third kappa shape index (κ3) is 3.10. The molecule has 2 aromatic rings. The summed E-state index contributed by atoms with van der Waals surface area (Å²) >= 11 is 10.1. The minimum atomic E-state index is -0.0703. The fourth-order valence-corrected chi connectivity index (χ4v) is 3.54. The molecule has 104 valence electrons. The van der Waals surface area contributed by atoms with Crippen molar-refractivity contribution in [2.75, 3.05) is 4.90 Å². The third-order valence-corrected chi connectivity index (χ3v) is 4.81. The molecule has 0 saturated carbocycles. The SMILES string of the molecule is O=C1/C(=C/c2ccc(Br)cc2)SC(=S)N1c1ccccc1. The lowest BCUT2D eigenvalue weighted by molar-refractivity contribution is -0.113. The van der Waals surface area contributed by atoms with Gasteiger partial charge in [-0.05, 0) is 35.9 Å². The van der Waals surface area contributed by atoms with Crippen LogP contribution in [0.1, 0.15) is 5.56 Å². The van der Waals surface area contributed by atoms with Crippen LogP contribution in [0.15, 0.2) is 64.0 Å². The topological polar surface area (TPSA) is 20.3 Å². The molecule has 2 nitrogen and oxygen atoms in total. The van der Waals surface area contributed by atoms with Crippen molar-refractivity contribution in [2.45, 2.75) is 0 Å². The normalized spacial score (nSPS) is 16.8. The highest BCUT2D eigenvalue weighted by atomic mass is 79.9. The van der Waals surface area contributed by atoms with Gasteiger partial charge >= 0.3 is 0 Å². The van der Waals surface area contributed by atoms with Crippen molar-refractivity contribution in [3.8, 4) is 0 Å². The number of carbonyl (C=O) groups is 1. The van der Waals surface area contributed by atoms with Crippen LogP contribution >= 0.6 is 39.9 Å². The largest absolute Gasteiger partial charge is 0.270 e. The maximum atomic E-state index is 12.5. The van der Waals surface area contributed by atoms with Crippen LogP contribution in [0, 0.1) is 0 Å². The monoisotopic (exact) mass is 375 g/mol. The molecule has 1 aliphatic heterocycles. The number of halogens is 1. The number of hydrogen-bond acceptors (Lipinski definition) is 3. The van der Waals surface area contributed by atoms with Crippen molar-refractivity contribution in [2.24, 2.45) is 0 Å². The molecule has 1 saturated heterocycles. The first-order chi connectivity index (χ1) is 10.1. The zero-order valence-corrected chi connectivity index (χ0v) is 14.0. The van der Waals surface area contributed by atoms with Gasteiger partial charge in [-0.1, -0.05) is 70.2 Å². The highest BCUT2D eigenvalue weighted by Gasteiger charge is 2.33. The van der Waals surface area contributed by atoms with E-state index < -0.39 is 0 Å². The standard InChI is InChI=1S/C16H10BrNOS2/c17-12-8-6-11(7-9-12)10-14-15(19)18(16(20)21-14)13-4-2-1-3-5-13/h1-10H/b14-10-. The average Bonchev–Trinajstić information content (AvgIpc) is 2.77. The van der Waals surface area contributed by atoms with Crippen LogP contribution in [0.2, 0.25) is 0 Å². The predicted molar refractivity (Wildman–Crippen MR) is 96.2 cm³/mol. The van der Waals surface area contributed by atoms with Gasteiger partial charge in [-0.3, -0.25) is 9.69 Å². The van der Waals surface area contributed by atoms with E-state index in [9.17, 15) is 4.79 Å². The smallest absolute Gasteiger partial charge is 0.268 e. The third-order valence-electron chi connectivity index (χ3n) is 2.98. The molecule has 1 fully saturated rings. The van der Waals surface area contributed by atoms with E-state index >= 15 is 0 Å². The lowest BCUT2D eigenvalue weighted by Gasteiger charge is -2.13. The van der Waals surface area contributed by atoms with Gasteiger partial charge in [-0.15, -0.1) is 0 Å². The zero-order valence-electron chi connectivity index (χ0n) is 10.8. The minimum absolute atomic E-state index is 0.0703. The fourth-order valence-electron chi connectivity index (χ4n) is 1.98. The molecule has 1 heterocycles. The molecule has 0 unspecified atom stereocenters. The van der Waals surface area contributed by atoms with Crippen molar-refractivity contribution in [1.29, 1.82) is 0 Å². The van der Waals surface area contributed by atoms with Crippen molar-refractivity contribution in [1.82, 2.24) is 0 Å². The maximum Gasteiger partial charge on any atom is 0.270 e. The van der Waals surface area contributed by atoms with Gasteiger partial charge in [-0.2, -0.15) is 0 Å². The van der Waals surface area contributed by atoms with Crippen LogP contribution in [0.4, 0.5) is 5.69 Å². The van der Waals surface area contributed by atoms with Crippen molar-refractivity contribution < 1.29 is 4.79 Å². The molecule has 1 amide bonds. The first kappa shape index (κ1) is 14.5. The molecule has 5 heteroatoms. The fraction of sp³-hybridized carbons (Fsp3) is 0. The van der Waals surface area contributed by atoms with Crippen molar-refractivity contribution in [3.05, 3.63) is 69.5 Å². The highest BCUT2D eigenvalue weighted by Crippen LogP contribution is 2.35. The number of amides is 1. The molecule has 0 N–H and O–H groups in total. The molecule has 0 aromatic heterocycles. The number of thioether (sulfide) groups is 1. The summed E-state index contributed by atoms with van der Waals surface area (Å²) in [5.41, 5.74) is 1.78. The van der Waals surface area contributed by atoms with Gasteiger partial charge in [-0.25, -0.2) is 0 Å². The van der Waals surface area contributed by atoms with E-state index in [1.807, 2.05) is 60.7 Å². The van der Waals surface area contributed by atoms with Gasteiger partial charge in [0.15, 0.2) is 4.32 Å². The second-order valence-corrected chi connectivity index (χ2v) is 7.00. The van der Waals surface area contributed by atoms with Crippen LogP contribution < -0.4 is 4.90 Å². The van der Waals surface area contributed by atoms with Crippen LogP contribution in [0.25, 0.3) is 6.08 Å². The molecule has 0 aliphatic carbocycles. The molecule has 0 atom stereocenters. The molecule has 3 rings (SSSR count). The zero-order chi connectivity index (χ0) is 14.8. The van der Waals surface area contributed by atoms with Crippen molar-refractivity contribution >= 4 is 61.9 Å². The lowest BCUT2D eigenvalue weighted by atomic mass is 10.2. The molecule has 1 aliphatic rings. The number of hydrogen-bond donors (Lipinski definition) is 0. The lowest BCUT2D eigenvalue weighted by Crippen LogP contribution is -2.27. The number of benzene rings is 2. The van der Waals surface area contributed by atoms with E-state index in [4.69, 9.17) is 12.2 Å². The van der Waals surface area contributed by atoms with E-state index in [1.54, 1.807) is 4.90 Å². The van der Waals surface area contributed by atoms with Crippen LogP contribution in [0.3, 0.4) is 0 Å². The summed E-state index contributed by atoms with van der Waals surface area (Å²) in [6, 6.07) is 17.3. The molecule has 0 spiro atoms. The van der Waals surface area contributed by atoms with Gasteiger partial charge in [0.1, 0.15) is 0 Å². The first-order valence-corrected chi connectivity index (χ1v) is 8.25. The molecular weight excluding hydrogens is 366 g/mol. The molecule has 21 heavy (non-hydrogen) atoms. The Balaban J connectivity index is 1.92. The van der Waals surface area contributed by atoms with E-state index in [-0.39, 0.29) is 5.91 Å². The molecule has 0 bridgehead atoms. The average molecular weight is 376 g/mol. The number of anilines is 1. The summed E-state index contributed by atoms with van der Waals surface area (Å²) in [7, 11) is 0. The van der Waals surface area contributed by atoms with Gasteiger partial charge in [0.2, 0.25) is 0 Å². The Labute approximate surface area is 141 Å². The summed E-state index contributed by atoms with van der Waals surface area (Å²) in [6.45, 7) is 0. The second-order valence-electron chi connectivity index (χ2n) is 4.40. The Morgan fingerprint density at radius 1 is 1.05 bits per heavy atom. The van der Waals surface area contributed by atoms with Crippen molar-refractivity contribution in [3.63, 3.8) is 0 Å². The maximum absolute atomic E-state index is 12.5. The van der Waals surface area contributed by atoms with Gasteiger partial charge in [0, 0.05) is 4.47 Å². The van der Waals surface area contributed by atoms with Crippen LogP contribution in [-0.2, 0) is 4.79 Å². The Kier molecular flexibility index (Phi) is 4.24. The first-order valence-electron chi connectivity index (χ1n) is 6.24. The van der Waals surface area contributed by atoms with E-state index in [2.05, 4.69) is 15.9 Å². The second kappa shape index (κ2) is 6.13. The molecule has 2 aromatic carbocycles. The Bertz CT molecular complexity index is 726. The summed E-state index contributed by atoms with van der Waals surface area (Å²) in [4.78, 5) is 14.7. The van der Waals surface area contributed by atoms with E-state index in [0.29, 0.717) is 9.23 Å². The van der Waals surface area contributed by atoms with Gasteiger partial charge < -0.3 is 0 Å².